The summed E-state index contributed by atoms with van der Waals surface area (Å²) in [7, 11) is 4.02. The smallest absolute Gasteiger partial charge is 0.133 e. The number of nitrogens with one attached hydrogen (secondary N) is 1. The van der Waals surface area contributed by atoms with Crippen molar-refractivity contribution in [2.24, 2.45) is 0 Å². The van der Waals surface area contributed by atoms with Crippen LogP contribution in [-0.2, 0) is 6.42 Å². The zero-order chi connectivity index (χ0) is 16.4. The molecule has 0 aliphatic rings. The Morgan fingerprint density at radius 3 is 2.83 bits per heavy atom. The van der Waals surface area contributed by atoms with Gasteiger partial charge in [-0.1, -0.05) is 30.3 Å². The fourth-order valence-electron chi connectivity index (χ4n) is 2.97. The Balaban J connectivity index is 2.11. The van der Waals surface area contributed by atoms with Gasteiger partial charge in [0.05, 0.1) is 23.1 Å². The molecule has 5 heteroatoms. The SMILES string of the molecule is CCc1nocc1-c1[nH]c2ccccc2c1C(O)CCN(C)C. The molecule has 3 aromatic rings. The number of aromatic amines is 1. The predicted octanol–water partition coefficient (Wildman–Crippen LogP) is 3.37. The maximum atomic E-state index is 10.8. The Kier molecular flexibility index (Phi) is 4.50. The average molecular weight is 313 g/mol. The van der Waals surface area contributed by atoms with Gasteiger partial charge in [-0.3, -0.25) is 0 Å². The first kappa shape index (κ1) is 15.8. The summed E-state index contributed by atoms with van der Waals surface area (Å²) >= 11 is 0. The Morgan fingerprint density at radius 2 is 2.09 bits per heavy atom. The molecule has 0 aliphatic heterocycles. The van der Waals surface area contributed by atoms with E-state index >= 15 is 0 Å². The van der Waals surface area contributed by atoms with Crippen LogP contribution in [0.5, 0.6) is 0 Å². The Morgan fingerprint density at radius 1 is 1.30 bits per heavy atom. The number of H-pyrrole nitrogens is 1. The van der Waals surface area contributed by atoms with E-state index in [1.165, 1.54) is 0 Å². The summed E-state index contributed by atoms with van der Waals surface area (Å²) in [6.07, 6.45) is 2.58. The van der Waals surface area contributed by atoms with E-state index in [0.717, 1.165) is 46.4 Å². The third-order valence-electron chi connectivity index (χ3n) is 4.18. The van der Waals surface area contributed by atoms with Gasteiger partial charge in [-0.2, -0.15) is 0 Å². The number of rotatable bonds is 6. The van der Waals surface area contributed by atoms with Crippen LogP contribution in [0.2, 0.25) is 0 Å². The van der Waals surface area contributed by atoms with Crippen LogP contribution in [0, 0.1) is 0 Å². The molecule has 0 amide bonds. The van der Waals surface area contributed by atoms with Crippen molar-refractivity contribution in [1.29, 1.82) is 0 Å². The van der Waals surface area contributed by atoms with Gasteiger partial charge < -0.3 is 19.5 Å². The molecule has 2 aromatic heterocycles. The summed E-state index contributed by atoms with van der Waals surface area (Å²) in [6, 6.07) is 8.06. The van der Waals surface area contributed by atoms with E-state index < -0.39 is 6.10 Å². The highest BCUT2D eigenvalue weighted by Crippen LogP contribution is 2.37. The number of para-hydroxylation sites is 1. The van der Waals surface area contributed by atoms with Crippen LogP contribution >= 0.6 is 0 Å². The van der Waals surface area contributed by atoms with Crippen LogP contribution in [-0.4, -0.2) is 40.8 Å². The van der Waals surface area contributed by atoms with Crippen LogP contribution in [0.25, 0.3) is 22.2 Å². The molecule has 0 aliphatic carbocycles. The molecular formula is C18H23N3O2. The van der Waals surface area contributed by atoms with Gasteiger partial charge in [0, 0.05) is 23.0 Å². The van der Waals surface area contributed by atoms with Gasteiger partial charge in [-0.05, 0) is 33.0 Å². The van der Waals surface area contributed by atoms with Crippen molar-refractivity contribution in [3.63, 3.8) is 0 Å². The lowest BCUT2D eigenvalue weighted by molar-refractivity contribution is 0.156. The first-order valence-corrected chi connectivity index (χ1v) is 7.98. The first-order valence-electron chi connectivity index (χ1n) is 7.98. The van der Waals surface area contributed by atoms with E-state index in [-0.39, 0.29) is 0 Å². The number of hydrogen-bond donors (Lipinski definition) is 2. The highest BCUT2D eigenvalue weighted by molar-refractivity contribution is 5.91. The minimum atomic E-state index is -0.539. The number of nitrogens with zero attached hydrogens (tertiary/aromatic N) is 2. The Bertz CT molecular complexity index is 789. The summed E-state index contributed by atoms with van der Waals surface area (Å²) in [5, 5.41) is 15.9. The fraction of sp³-hybridized carbons (Fsp3) is 0.389. The second-order valence-corrected chi connectivity index (χ2v) is 6.10. The van der Waals surface area contributed by atoms with Crippen molar-refractivity contribution in [1.82, 2.24) is 15.0 Å². The van der Waals surface area contributed by atoms with E-state index in [0.29, 0.717) is 6.42 Å². The van der Waals surface area contributed by atoms with Gasteiger partial charge in [-0.25, -0.2) is 0 Å². The van der Waals surface area contributed by atoms with Gasteiger partial charge in [-0.15, -0.1) is 0 Å². The van der Waals surface area contributed by atoms with Crippen LogP contribution < -0.4 is 0 Å². The van der Waals surface area contributed by atoms with Gasteiger partial charge in [0.1, 0.15) is 6.26 Å². The van der Waals surface area contributed by atoms with E-state index in [2.05, 4.69) is 15.0 Å². The molecule has 3 rings (SSSR count). The molecule has 0 saturated heterocycles. The van der Waals surface area contributed by atoms with E-state index in [1.807, 2.05) is 45.3 Å². The molecule has 2 N–H and O–H groups in total. The molecule has 1 atom stereocenters. The summed E-state index contributed by atoms with van der Waals surface area (Å²) in [6.45, 7) is 2.87. The largest absolute Gasteiger partial charge is 0.388 e. The van der Waals surface area contributed by atoms with Crippen LogP contribution in [0.1, 0.15) is 30.7 Å². The van der Waals surface area contributed by atoms with Crippen LogP contribution in [0.15, 0.2) is 35.1 Å². The lowest BCUT2D eigenvalue weighted by Gasteiger charge is -2.15. The summed E-state index contributed by atoms with van der Waals surface area (Å²) in [4.78, 5) is 5.51. The highest BCUT2D eigenvalue weighted by atomic mass is 16.5. The highest BCUT2D eigenvalue weighted by Gasteiger charge is 2.22. The maximum Gasteiger partial charge on any atom is 0.133 e. The van der Waals surface area contributed by atoms with Crippen molar-refractivity contribution in [2.75, 3.05) is 20.6 Å². The Labute approximate surface area is 135 Å². The molecule has 2 heterocycles. The molecule has 0 spiro atoms. The molecule has 1 aromatic carbocycles. The number of aliphatic hydroxyl groups excluding tert-OH is 1. The van der Waals surface area contributed by atoms with Crippen molar-refractivity contribution in [2.45, 2.75) is 25.9 Å². The van der Waals surface area contributed by atoms with Gasteiger partial charge in [0.15, 0.2) is 0 Å². The zero-order valence-electron chi connectivity index (χ0n) is 13.8. The van der Waals surface area contributed by atoms with Crippen LogP contribution in [0.4, 0.5) is 0 Å². The number of hydrogen-bond acceptors (Lipinski definition) is 4. The van der Waals surface area contributed by atoms with Gasteiger partial charge in [0.2, 0.25) is 0 Å². The van der Waals surface area contributed by atoms with E-state index in [9.17, 15) is 5.11 Å². The quantitative estimate of drug-likeness (QED) is 0.732. The lowest BCUT2D eigenvalue weighted by atomic mass is 9.98. The second-order valence-electron chi connectivity index (χ2n) is 6.10. The summed E-state index contributed by atoms with van der Waals surface area (Å²) < 4.78 is 5.16. The van der Waals surface area contributed by atoms with Crippen molar-refractivity contribution >= 4 is 10.9 Å². The van der Waals surface area contributed by atoms with Gasteiger partial charge in [0.25, 0.3) is 0 Å². The van der Waals surface area contributed by atoms with E-state index in [4.69, 9.17) is 4.52 Å². The number of aliphatic hydroxyl groups is 1. The normalized spacial score (nSPS) is 13.1. The minimum Gasteiger partial charge on any atom is -0.388 e. The second kappa shape index (κ2) is 6.56. The first-order chi connectivity index (χ1) is 11.1. The van der Waals surface area contributed by atoms with E-state index in [1.54, 1.807) is 6.26 Å². The summed E-state index contributed by atoms with van der Waals surface area (Å²) in [5.74, 6) is 0. The van der Waals surface area contributed by atoms with Gasteiger partial charge >= 0.3 is 0 Å². The molecule has 0 radical (unpaired) electrons. The average Bonchev–Trinajstić information content (AvgIpc) is 3.15. The summed E-state index contributed by atoms with van der Waals surface area (Å²) in [5.41, 5.74) is 4.70. The Hall–Kier alpha value is -2.11. The fourth-order valence-corrected chi connectivity index (χ4v) is 2.97. The maximum absolute atomic E-state index is 10.8. The molecular weight excluding hydrogens is 290 g/mol. The number of aryl methyl sites for hydroxylation is 1. The number of benzene rings is 1. The molecule has 0 saturated carbocycles. The third kappa shape index (κ3) is 3.02. The standard InChI is InChI=1S/C18H23N3O2/c1-4-14-13(11-23-20-14)18-17(16(22)9-10-21(2)3)12-7-5-6-8-15(12)19-18/h5-8,11,16,19,22H,4,9-10H2,1-3H3. The monoisotopic (exact) mass is 313 g/mol. The molecule has 23 heavy (non-hydrogen) atoms. The van der Waals surface area contributed by atoms with Crippen LogP contribution in [0.3, 0.4) is 0 Å². The lowest BCUT2D eigenvalue weighted by Crippen LogP contribution is -2.16. The topological polar surface area (TPSA) is 65.3 Å². The zero-order valence-corrected chi connectivity index (χ0v) is 13.8. The van der Waals surface area contributed by atoms with Crippen molar-refractivity contribution < 1.29 is 9.63 Å². The number of fused-ring (bicyclic) bond motifs is 1. The number of aromatic nitrogens is 2. The molecule has 5 nitrogen and oxygen atoms in total. The molecule has 122 valence electrons. The molecule has 0 bridgehead atoms. The predicted molar refractivity (Wildman–Crippen MR) is 91.3 cm³/mol. The van der Waals surface area contributed by atoms with Crippen molar-refractivity contribution in [3.8, 4) is 11.3 Å². The molecule has 0 fully saturated rings. The minimum absolute atomic E-state index is 0.539. The molecule has 1 unspecified atom stereocenters. The third-order valence-corrected chi connectivity index (χ3v) is 4.18. The van der Waals surface area contributed by atoms with Crippen molar-refractivity contribution in [3.05, 3.63) is 41.8 Å².